The number of urea groups is 1. The maximum Gasteiger partial charge on any atom is 0.342 e. The number of amides is 2. The van der Waals surface area contributed by atoms with E-state index in [0.29, 0.717) is 12.2 Å². The molecule has 1 heterocycles. The number of benzene rings is 1. The van der Waals surface area contributed by atoms with E-state index in [-0.39, 0.29) is 11.8 Å². The molecule has 1 aliphatic heterocycles. The lowest BCUT2D eigenvalue weighted by molar-refractivity contribution is 0.219. The van der Waals surface area contributed by atoms with Crippen LogP contribution in [0.1, 0.15) is 6.42 Å². The number of carbonyl (C=O) groups excluding carboxylic acids is 1. The second kappa shape index (κ2) is 4.08. The molecule has 1 aliphatic rings. The molecule has 1 aromatic rings. The smallest absolute Gasteiger partial charge is 0.306 e. The van der Waals surface area contributed by atoms with Crippen molar-refractivity contribution in [2.75, 3.05) is 11.9 Å². The lowest BCUT2D eigenvalue weighted by Gasteiger charge is -2.12. The molecular formula is C10H10FN3O. The summed E-state index contributed by atoms with van der Waals surface area (Å²) in [6.07, 6.45) is 2.43. The highest BCUT2D eigenvalue weighted by molar-refractivity contribution is 5.90. The van der Waals surface area contributed by atoms with E-state index in [0.717, 1.165) is 6.42 Å². The van der Waals surface area contributed by atoms with Gasteiger partial charge >= 0.3 is 6.03 Å². The summed E-state index contributed by atoms with van der Waals surface area (Å²) < 4.78 is 12.8. The predicted molar refractivity (Wildman–Crippen MR) is 55.2 cm³/mol. The molecule has 15 heavy (non-hydrogen) atoms. The molecule has 0 aromatic heterocycles. The van der Waals surface area contributed by atoms with Crippen molar-refractivity contribution in [3.8, 4) is 0 Å². The Bertz CT molecular complexity index is 405. The van der Waals surface area contributed by atoms with E-state index in [1.165, 1.54) is 23.2 Å². The molecular weight excluding hydrogens is 197 g/mol. The van der Waals surface area contributed by atoms with Gasteiger partial charge in [0.25, 0.3) is 0 Å². The van der Waals surface area contributed by atoms with Gasteiger partial charge in [0.15, 0.2) is 0 Å². The van der Waals surface area contributed by atoms with Gasteiger partial charge in [-0.15, -0.1) is 0 Å². The number of halogens is 1. The molecule has 0 atom stereocenters. The van der Waals surface area contributed by atoms with Crippen LogP contribution < -0.4 is 5.32 Å². The minimum Gasteiger partial charge on any atom is -0.306 e. The minimum absolute atomic E-state index is 0.339. The maximum absolute atomic E-state index is 12.8. The Labute approximate surface area is 86.4 Å². The lowest BCUT2D eigenvalue weighted by Crippen LogP contribution is -2.28. The van der Waals surface area contributed by atoms with Crippen LogP contribution in [0.25, 0.3) is 0 Å². The molecule has 1 aromatic carbocycles. The first-order valence-electron chi connectivity index (χ1n) is 4.62. The number of nitrogens with zero attached hydrogens (tertiary/aromatic N) is 2. The Morgan fingerprint density at radius 3 is 3.07 bits per heavy atom. The van der Waals surface area contributed by atoms with Crippen molar-refractivity contribution in [1.82, 2.24) is 5.01 Å². The van der Waals surface area contributed by atoms with E-state index >= 15 is 0 Å². The number of anilines is 1. The normalized spacial score (nSPS) is 14.3. The molecule has 0 unspecified atom stereocenters. The predicted octanol–water partition coefficient (Wildman–Crippen LogP) is 2.05. The van der Waals surface area contributed by atoms with Crippen LogP contribution in [-0.4, -0.2) is 23.8 Å². The number of rotatable bonds is 1. The third kappa shape index (κ3) is 2.31. The van der Waals surface area contributed by atoms with Crippen molar-refractivity contribution in [2.45, 2.75) is 6.42 Å². The van der Waals surface area contributed by atoms with Gasteiger partial charge in [0.05, 0.1) is 6.54 Å². The van der Waals surface area contributed by atoms with Gasteiger partial charge < -0.3 is 5.32 Å². The van der Waals surface area contributed by atoms with E-state index in [1.54, 1.807) is 12.3 Å². The van der Waals surface area contributed by atoms with Crippen molar-refractivity contribution in [1.29, 1.82) is 0 Å². The van der Waals surface area contributed by atoms with Crippen molar-refractivity contribution in [2.24, 2.45) is 5.10 Å². The average Bonchev–Trinajstić information content (AvgIpc) is 2.70. The first kappa shape index (κ1) is 9.64. The number of nitrogens with one attached hydrogen (secondary N) is 1. The van der Waals surface area contributed by atoms with Crippen LogP contribution in [0, 0.1) is 5.82 Å². The largest absolute Gasteiger partial charge is 0.342 e. The summed E-state index contributed by atoms with van der Waals surface area (Å²) in [4.78, 5) is 11.5. The molecule has 2 rings (SSSR count). The molecule has 0 fully saturated rings. The van der Waals surface area contributed by atoms with Crippen molar-refractivity contribution in [3.05, 3.63) is 30.1 Å². The summed E-state index contributed by atoms with van der Waals surface area (Å²) in [7, 11) is 0. The molecule has 0 radical (unpaired) electrons. The molecule has 0 aliphatic carbocycles. The standard InChI is InChI=1S/C10H10FN3O/c11-8-3-1-4-9(7-8)13-10(15)14-6-2-5-12-14/h1,3-5,7H,2,6H2,(H,13,15). The first-order valence-corrected chi connectivity index (χ1v) is 4.62. The zero-order chi connectivity index (χ0) is 10.7. The summed E-state index contributed by atoms with van der Waals surface area (Å²) >= 11 is 0. The summed E-state index contributed by atoms with van der Waals surface area (Å²) in [5.74, 6) is -0.377. The van der Waals surface area contributed by atoms with Gasteiger partial charge in [-0.3, -0.25) is 0 Å². The minimum atomic E-state index is -0.377. The summed E-state index contributed by atoms with van der Waals surface area (Å²) in [6, 6.07) is 5.41. The Hall–Kier alpha value is -1.91. The van der Waals surface area contributed by atoms with Crippen molar-refractivity contribution >= 4 is 17.9 Å². The van der Waals surface area contributed by atoms with Gasteiger partial charge in [-0.1, -0.05) is 6.07 Å². The van der Waals surface area contributed by atoms with E-state index in [2.05, 4.69) is 10.4 Å². The maximum atomic E-state index is 12.8. The quantitative estimate of drug-likeness (QED) is 0.752. The van der Waals surface area contributed by atoms with Crippen LogP contribution in [-0.2, 0) is 0 Å². The molecule has 2 amide bonds. The van der Waals surface area contributed by atoms with Crippen molar-refractivity contribution in [3.63, 3.8) is 0 Å². The summed E-state index contributed by atoms with van der Waals surface area (Å²) in [6.45, 7) is 0.571. The molecule has 1 N–H and O–H groups in total. The van der Waals surface area contributed by atoms with Gasteiger partial charge in [-0.25, -0.2) is 14.2 Å². The number of hydrogen-bond donors (Lipinski definition) is 1. The number of hydrogen-bond acceptors (Lipinski definition) is 2. The van der Waals surface area contributed by atoms with E-state index < -0.39 is 0 Å². The monoisotopic (exact) mass is 207 g/mol. The highest BCUT2D eigenvalue weighted by atomic mass is 19.1. The average molecular weight is 207 g/mol. The molecule has 4 nitrogen and oxygen atoms in total. The fraction of sp³-hybridized carbons (Fsp3) is 0.200. The summed E-state index contributed by atoms with van der Waals surface area (Å²) in [5, 5.41) is 7.73. The topological polar surface area (TPSA) is 44.7 Å². The lowest BCUT2D eigenvalue weighted by atomic mass is 10.3. The molecule has 0 saturated heterocycles. The fourth-order valence-electron chi connectivity index (χ4n) is 1.30. The second-order valence-corrected chi connectivity index (χ2v) is 3.15. The highest BCUT2D eigenvalue weighted by Crippen LogP contribution is 2.11. The van der Waals surface area contributed by atoms with E-state index in [4.69, 9.17) is 0 Å². The Kier molecular flexibility index (Phi) is 2.62. The molecule has 0 saturated carbocycles. The third-order valence-electron chi connectivity index (χ3n) is 2.00. The number of hydrazone groups is 1. The van der Waals surface area contributed by atoms with E-state index in [1.807, 2.05) is 0 Å². The van der Waals surface area contributed by atoms with Crippen LogP contribution in [0.3, 0.4) is 0 Å². The fourth-order valence-corrected chi connectivity index (χ4v) is 1.30. The third-order valence-corrected chi connectivity index (χ3v) is 2.00. The number of carbonyl (C=O) groups is 1. The van der Waals surface area contributed by atoms with Crippen LogP contribution in [0.2, 0.25) is 0 Å². The van der Waals surface area contributed by atoms with Crippen LogP contribution >= 0.6 is 0 Å². The first-order chi connectivity index (χ1) is 7.25. The SMILES string of the molecule is O=C(Nc1cccc(F)c1)N1CCC=N1. The Morgan fingerprint density at radius 1 is 1.53 bits per heavy atom. The van der Waals surface area contributed by atoms with Crippen LogP contribution in [0.5, 0.6) is 0 Å². The molecule has 0 bridgehead atoms. The molecule has 0 spiro atoms. The van der Waals surface area contributed by atoms with Gasteiger partial charge in [0, 0.05) is 18.3 Å². The van der Waals surface area contributed by atoms with Crippen molar-refractivity contribution < 1.29 is 9.18 Å². The van der Waals surface area contributed by atoms with Gasteiger partial charge in [0.1, 0.15) is 5.82 Å². The molecule has 78 valence electrons. The van der Waals surface area contributed by atoms with Gasteiger partial charge in [-0.2, -0.15) is 5.10 Å². The van der Waals surface area contributed by atoms with Crippen LogP contribution in [0.15, 0.2) is 29.4 Å². The van der Waals surface area contributed by atoms with Gasteiger partial charge in [-0.05, 0) is 18.2 Å². The highest BCUT2D eigenvalue weighted by Gasteiger charge is 2.14. The summed E-state index contributed by atoms with van der Waals surface area (Å²) in [5.41, 5.74) is 0.433. The Balaban J connectivity index is 2.02. The molecule has 5 heteroatoms. The van der Waals surface area contributed by atoms with Crippen LogP contribution in [0.4, 0.5) is 14.9 Å². The van der Waals surface area contributed by atoms with E-state index in [9.17, 15) is 9.18 Å². The zero-order valence-corrected chi connectivity index (χ0v) is 7.98. The second-order valence-electron chi connectivity index (χ2n) is 3.15. The Morgan fingerprint density at radius 2 is 2.40 bits per heavy atom. The zero-order valence-electron chi connectivity index (χ0n) is 7.98. The van der Waals surface area contributed by atoms with Gasteiger partial charge in [0.2, 0.25) is 0 Å².